The molecule has 0 bridgehead atoms. The molecule has 3 nitrogen and oxygen atoms in total. The molecule has 70 valence electrons. The van der Waals surface area contributed by atoms with Crippen molar-refractivity contribution in [1.82, 2.24) is 5.32 Å². The van der Waals surface area contributed by atoms with Crippen molar-refractivity contribution < 1.29 is 9.47 Å². The molecule has 0 aromatic carbocycles. The summed E-state index contributed by atoms with van der Waals surface area (Å²) in [4.78, 5) is 0. The fraction of sp³-hybridized carbons (Fsp3) is 1.00. The van der Waals surface area contributed by atoms with Crippen molar-refractivity contribution in [2.45, 2.75) is 38.1 Å². The van der Waals surface area contributed by atoms with E-state index in [-0.39, 0.29) is 0 Å². The summed E-state index contributed by atoms with van der Waals surface area (Å²) in [7, 11) is 0. The molecule has 2 aliphatic heterocycles. The second-order valence-electron chi connectivity index (χ2n) is 3.65. The van der Waals surface area contributed by atoms with Gasteiger partial charge in [-0.2, -0.15) is 0 Å². The first-order valence-electron chi connectivity index (χ1n) is 4.84. The van der Waals surface area contributed by atoms with Gasteiger partial charge in [0.15, 0.2) is 0 Å². The van der Waals surface area contributed by atoms with Crippen LogP contribution in [0.1, 0.15) is 19.8 Å². The summed E-state index contributed by atoms with van der Waals surface area (Å²) in [5.41, 5.74) is 0. The Hall–Kier alpha value is -0.120. The Kier molecular flexibility index (Phi) is 2.63. The third-order valence-electron chi connectivity index (χ3n) is 2.69. The Labute approximate surface area is 73.4 Å². The molecule has 12 heavy (non-hydrogen) atoms. The summed E-state index contributed by atoms with van der Waals surface area (Å²) < 4.78 is 11.3. The maximum Gasteiger partial charge on any atom is 0.0860 e. The second kappa shape index (κ2) is 3.73. The van der Waals surface area contributed by atoms with Gasteiger partial charge < -0.3 is 14.8 Å². The van der Waals surface area contributed by atoms with Gasteiger partial charge in [0, 0.05) is 13.2 Å². The van der Waals surface area contributed by atoms with E-state index in [4.69, 9.17) is 9.47 Å². The van der Waals surface area contributed by atoms with Crippen molar-refractivity contribution in [1.29, 1.82) is 0 Å². The van der Waals surface area contributed by atoms with Crippen LogP contribution in [0, 0.1) is 0 Å². The highest BCUT2D eigenvalue weighted by atomic mass is 16.6. The lowest BCUT2D eigenvalue weighted by Gasteiger charge is -2.19. The first-order valence-corrected chi connectivity index (χ1v) is 4.84. The smallest absolute Gasteiger partial charge is 0.0860 e. The van der Waals surface area contributed by atoms with Gasteiger partial charge in [-0.15, -0.1) is 0 Å². The number of hydrogen-bond acceptors (Lipinski definition) is 3. The van der Waals surface area contributed by atoms with Gasteiger partial charge in [-0.05, 0) is 26.3 Å². The highest BCUT2D eigenvalue weighted by molar-refractivity contribution is 4.78. The van der Waals surface area contributed by atoms with Crippen LogP contribution in [-0.2, 0) is 9.47 Å². The lowest BCUT2D eigenvalue weighted by Crippen LogP contribution is -2.28. The van der Waals surface area contributed by atoms with Crippen LogP contribution in [0.2, 0.25) is 0 Å². The van der Waals surface area contributed by atoms with Crippen molar-refractivity contribution in [3.8, 4) is 0 Å². The zero-order valence-electron chi connectivity index (χ0n) is 7.58. The van der Waals surface area contributed by atoms with Crippen molar-refractivity contribution in [3.63, 3.8) is 0 Å². The molecule has 3 heteroatoms. The van der Waals surface area contributed by atoms with E-state index >= 15 is 0 Å². The molecule has 0 aliphatic carbocycles. The largest absolute Gasteiger partial charge is 0.376 e. The lowest BCUT2D eigenvalue weighted by atomic mass is 10.2. The first-order chi connectivity index (χ1) is 5.86. The molecule has 2 fully saturated rings. The molecular formula is C9H17NO2. The summed E-state index contributed by atoms with van der Waals surface area (Å²) in [5.74, 6) is 0. The van der Waals surface area contributed by atoms with Crippen molar-refractivity contribution >= 4 is 0 Å². The summed E-state index contributed by atoms with van der Waals surface area (Å²) in [6, 6.07) is 0. The van der Waals surface area contributed by atoms with Crippen LogP contribution >= 0.6 is 0 Å². The van der Waals surface area contributed by atoms with E-state index in [1.165, 1.54) is 0 Å². The molecule has 0 aromatic rings. The predicted molar refractivity (Wildman–Crippen MR) is 46.2 cm³/mol. The van der Waals surface area contributed by atoms with E-state index in [1.807, 2.05) is 0 Å². The maximum absolute atomic E-state index is 5.90. The highest BCUT2D eigenvalue weighted by Crippen LogP contribution is 2.19. The molecule has 0 aromatic heterocycles. The number of nitrogens with one attached hydrogen (secondary N) is 1. The SMILES string of the molecule is CC1OCCC1OC1CCNC1. The predicted octanol–water partition coefficient (Wildman–Crippen LogP) is 0.542. The van der Waals surface area contributed by atoms with Crippen LogP contribution in [0.25, 0.3) is 0 Å². The van der Waals surface area contributed by atoms with Crippen molar-refractivity contribution in [3.05, 3.63) is 0 Å². The van der Waals surface area contributed by atoms with Crippen LogP contribution in [-0.4, -0.2) is 38.0 Å². The van der Waals surface area contributed by atoms with E-state index in [2.05, 4.69) is 12.2 Å². The average Bonchev–Trinajstić information content (AvgIpc) is 2.65. The Morgan fingerprint density at radius 1 is 1.42 bits per heavy atom. The molecule has 0 spiro atoms. The van der Waals surface area contributed by atoms with Gasteiger partial charge in [0.1, 0.15) is 0 Å². The highest BCUT2D eigenvalue weighted by Gasteiger charge is 2.28. The van der Waals surface area contributed by atoms with Gasteiger partial charge in [0.25, 0.3) is 0 Å². The van der Waals surface area contributed by atoms with Crippen LogP contribution in [0.4, 0.5) is 0 Å². The molecule has 3 unspecified atom stereocenters. The summed E-state index contributed by atoms with van der Waals surface area (Å²) in [6.45, 7) is 5.09. The third-order valence-corrected chi connectivity index (χ3v) is 2.69. The number of hydrogen-bond donors (Lipinski definition) is 1. The zero-order valence-corrected chi connectivity index (χ0v) is 7.58. The standard InChI is InChI=1S/C9H17NO2/c1-7-9(3-5-11-7)12-8-2-4-10-6-8/h7-10H,2-6H2,1H3. The molecule has 2 rings (SSSR count). The van der Waals surface area contributed by atoms with Crippen molar-refractivity contribution in [2.75, 3.05) is 19.7 Å². The van der Waals surface area contributed by atoms with E-state index < -0.39 is 0 Å². The Bertz CT molecular complexity index is 145. The second-order valence-corrected chi connectivity index (χ2v) is 3.65. The molecular weight excluding hydrogens is 154 g/mol. The summed E-state index contributed by atoms with van der Waals surface area (Å²) >= 11 is 0. The van der Waals surface area contributed by atoms with Crippen molar-refractivity contribution in [2.24, 2.45) is 0 Å². The summed E-state index contributed by atoms with van der Waals surface area (Å²) in [5, 5.41) is 3.30. The van der Waals surface area contributed by atoms with Gasteiger partial charge in [-0.25, -0.2) is 0 Å². The molecule has 0 amide bonds. The van der Waals surface area contributed by atoms with E-state index in [0.29, 0.717) is 18.3 Å². The van der Waals surface area contributed by atoms with E-state index in [9.17, 15) is 0 Å². The summed E-state index contributed by atoms with van der Waals surface area (Å²) in [6.07, 6.45) is 3.29. The van der Waals surface area contributed by atoms with Crippen LogP contribution in [0.15, 0.2) is 0 Å². The molecule has 3 atom stereocenters. The Balaban J connectivity index is 1.77. The first kappa shape index (κ1) is 8.48. The molecule has 0 saturated carbocycles. The van der Waals surface area contributed by atoms with Crippen LogP contribution in [0.5, 0.6) is 0 Å². The minimum absolute atomic E-state index is 0.297. The zero-order chi connectivity index (χ0) is 8.39. The Morgan fingerprint density at radius 2 is 2.33 bits per heavy atom. The van der Waals surface area contributed by atoms with Gasteiger partial charge >= 0.3 is 0 Å². The third kappa shape index (κ3) is 1.79. The van der Waals surface area contributed by atoms with Crippen LogP contribution < -0.4 is 5.32 Å². The fourth-order valence-electron chi connectivity index (χ4n) is 1.88. The Morgan fingerprint density at radius 3 is 2.92 bits per heavy atom. The topological polar surface area (TPSA) is 30.5 Å². The quantitative estimate of drug-likeness (QED) is 0.658. The molecule has 1 N–H and O–H groups in total. The number of rotatable bonds is 2. The van der Waals surface area contributed by atoms with Gasteiger partial charge in [-0.1, -0.05) is 0 Å². The maximum atomic E-state index is 5.90. The monoisotopic (exact) mass is 171 g/mol. The molecule has 2 heterocycles. The minimum Gasteiger partial charge on any atom is -0.376 e. The van der Waals surface area contributed by atoms with Gasteiger partial charge in [-0.3, -0.25) is 0 Å². The van der Waals surface area contributed by atoms with Gasteiger partial charge in [0.05, 0.1) is 18.3 Å². The number of ether oxygens (including phenoxy) is 2. The molecule has 2 saturated heterocycles. The van der Waals surface area contributed by atoms with E-state index in [1.54, 1.807) is 0 Å². The van der Waals surface area contributed by atoms with Gasteiger partial charge in [0.2, 0.25) is 0 Å². The van der Waals surface area contributed by atoms with E-state index in [0.717, 1.165) is 32.5 Å². The lowest BCUT2D eigenvalue weighted by molar-refractivity contribution is -0.0368. The average molecular weight is 171 g/mol. The molecule has 0 radical (unpaired) electrons. The fourth-order valence-corrected chi connectivity index (χ4v) is 1.88. The minimum atomic E-state index is 0.297. The normalized spacial score (nSPS) is 42.2. The molecule has 2 aliphatic rings. The van der Waals surface area contributed by atoms with Crippen LogP contribution in [0.3, 0.4) is 0 Å².